The molecule has 1 aromatic rings. The van der Waals surface area contributed by atoms with Crippen LogP contribution >= 0.6 is 0 Å². The molecule has 1 aliphatic rings. The van der Waals surface area contributed by atoms with Crippen LogP contribution in [0.5, 0.6) is 0 Å². The van der Waals surface area contributed by atoms with Crippen LogP contribution in [0.15, 0.2) is 0 Å². The standard InChI is InChI=1S/C14H24N4O/c1-4-12-10(2)13(17-14(15)16-12)18(3)9-11-7-5-6-8-19-11/h11H,4-9H2,1-3H3,(H2,15,16,17)/t11-/m1/s1. The molecule has 1 aliphatic heterocycles. The predicted molar refractivity (Wildman–Crippen MR) is 77.4 cm³/mol. The first-order valence-corrected chi connectivity index (χ1v) is 7.07. The molecule has 1 aromatic heterocycles. The van der Waals surface area contributed by atoms with Crippen molar-refractivity contribution in [1.29, 1.82) is 0 Å². The van der Waals surface area contributed by atoms with Crippen molar-refractivity contribution in [2.45, 2.75) is 45.6 Å². The average Bonchev–Trinajstić information content (AvgIpc) is 2.42. The van der Waals surface area contributed by atoms with Crippen LogP contribution in [0.3, 0.4) is 0 Å². The maximum absolute atomic E-state index is 5.79. The van der Waals surface area contributed by atoms with E-state index in [1.807, 2.05) is 7.05 Å². The van der Waals surface area contributed by atoms with E-state index in [9.17, 15) is 0 Å². The van der Waals surface area contributed by atoms with Gasteiger partial charge in [-0.15, -0.1) is 0 Å². The molecule has 0 spiro atoms. The van der Waals surface area contributed by atoms with Gasteiger partial charge in [0.05, 0.1) is 11.8 Å². The van der Waals surface area contributed by atoms with Crippen LogP contribution in [0.4, 0.5) is 11.8 Å². The van der Waals surface area contributed by atoms with Crippen molar-refractivity contribution >= 4 is 11.8 Å². The molecule has 1 fully saturated rings. The Bertz CT molecular complexity index is 430. The molecular formula is C14H24N4O. The summed E-state index contributed by atoms with van der Waals surface area (Å²) in [5.41, 5.74) is 7.94. The van der Waals surface area contributed by atoms with Crippen molar-refractivity contribution in [3.8, 4) is 0 Å². The lowest BCUT2D eigenvalue weighted by Crippen LogP contribution is -2.34. The van der Waals surface area contributed by atoms with Crippen molar-refractivity contribution in [3.05, 3.63) is 11.3 Å². The maximum Gasteiger partial charge on any atom is 0.222 e. The molecule has 0 aromatic carbocycles. The summed E-state index contributed by atoms with van der Waals surface area (Å²) >= 11 is 0. The third-order valence-corrected chi connectivity index (χ3v) is 3.69. The Labute approximate surface area is 115 Å². The maximum atomic E-state index is 5.79. The highest BCUT2D eigenvalue weighted by molar-refractivity contribution is 5.50. The van der Waals surface area contributed by atoms with Crippen LogP contribution in [-0.4, -0.2) is 36.3 Å². The van der Waals surface area contributed by atoms with E-state index in [2.05, 4.69) is 28.7 Å². The lowest BCUT2D eigenvalue weighted by molar-refractivity contribution is 0.0215. The Morgan fingerprint density at radius 1 is 1.37 bits per heavy atom. The van der Waals surface area contributed by atoms with Crippen LogP contribution in [0.25, 0.3) is 0 Å². The van der Waals surface area contributed by atoms with Crippen LogP contribution in [0.2, 0.25) is 0 Å². The number of aryl methyl sites for hydroxylation is 1. The number of rotatable bonds is 4. The highest BCUT2D eigenvalue weighted by Gasteiger charge is 2.19. The number of aromatic nitrogens is 2. The van der Waals surface area contributed by atoms with Crippen LogP contribution in [0.1, 0.15) is 37.4 Å². The zero-order valence-corrected chi connectivity index (χ0v) is 12.1. The van der Waals surface area contributed by atoms with Gasteiger partial charge in [0.25, 0.3) is 0 Å². The number of hydrogen-bond donors (Lipinski definition) is 1. The molecule has 1 saturated heterocycles. The zero-order chi connectivity index (χ0) is 13.8. The van der Waals surface area contributed by atoms with E-state index in [1.54, 1.807) is 0 Å². The van der Waals surface area contributed by atoms with Crippen molar-refractivity contribution in [3.63, 3.8) is 0 Å². The quantitative estimate of drug-likeness (QED) is 0.900. The van der Waals surface area contributed by atoms with Gasteiger partial charge >= 0.3 is 0 Å². The molecule has 0 bridgehead atoms. The van der Waals surface area contributed by atoms with Crippen molar-refractivity contribution < 1.29 is 4.74 Å². The van der Waals surface area contributed by atoms with Crippen molar-refractivity contribution in [2.75, 3.05) is 30.8 Å². The van der Waals surface area contributed by atoms with E-state index in [4.69, 9.17) is 10.5 Å². The van der Waals surface area contributed by atoms with E-state index < -0.39 is 0 Å². The summed E-state index contributed by atoms with van der Waals surface area (Å²) in [5.74, 6) is 1.28. The first kappa shape index (κ1) is 14.1. The smallest absolute Gasteiger partial charge is 0.222 e. The largest absolute Gasteiger partial charge is 0.376 e. The van der Waals surface area contributed by atoms with Gasteiger partial charge in [0.1, 0.15) is 5.82 Å². The third kappa shape index (κ3) is 3.35. The summed E-state index contributed by atoms with van der Waals surface area (Å²) in [4.78, 5) is 10.8. The van der Waals surface area contributed by atoms with Gasteiger partial charge in [-0.05, 0) is 32.6 Å². The second-order valence-electron chi connectivity index (χ2n) is 5.20. The fraction of sp³-hybridized carbons (Fsp3) is 0.714. The van der Waals surface area contributed by atoms with Crippen molar-refractivity contribution in [1.82, 2.24) is 9.97 Å². The number of ether oxygens (including phenoxy) is 1. The van der Waals surface area contributed by atoms with Crippen molar-refractivity contribution in [2.24, 2.45) is 0 Å². The van der Waals surface area contributed by atoms with Gasteiger partial charge in [0.15, 0.2) is 0 Å². The highest BCUT2D eigenvalue weighted by atomic mass is 16.5. The van der Waals surface area contributed by atoms with E-state index in [-0.39, 0.29) is 0 Å². The zero-order valence-electron chi connectivity index (χ0n) is 12.1. The number of nitrogens with two attached hydrogens (primary N) is 1. The SMILES string of the molecule is CCc1nc(N)nc(N(C)C[C@H]2CCCCO2)c1C. The van der Waals surface area contributed by atoms with E-state index in [0.29, 0.717) is 12.1 Å². The number of hydrogen-bond acceptors (Lipinski definition) is 5. The van der Waals surface area contributed by atoms with Gasteiger partial charge in [-0.3, -0.25) is 0 Å². The van der Waals surface area contributed by atoms with Gasteiger partial charge < -0.3 is 15.4 Å². The van der Waals surface area contributed by atoms with Gasteiger partial charge in [-0.25, -0.2) is 4.98 Å². The summed E-state index contributed by atoms with van der Waals surface area (Å²) < 4.78 is 5.78. The molecule has 2 heterocycles. The molecule has 0 aliphatic carbocycles. The molecule has 0 radical (unpaired) electrons. The lowest BCUT2D eigenvalue weighted by atomic mass is 10.1. The normalized spacial score (nSPS) is 19.4. The van der Waals surface area contributed by atoms with Crippen LogP contribution in [-0.2, 0) is 11.2 Å². The number of nitrogen functional groups attached to an aromatic ring is 1. The summed E-state index contributed by atoms with van der Waals surface area (Å²) in [5, 5.41) is 0. The predicted octanol–water partition coefficient (Wildman–Crippen LogP) is 1.93. The first-order valence-electron chi connectivity index (χ1n) is 7.07. The van der Waals surface area contributed by atoms with E-state index in [1.165, 1.54) is 12.8 Å². The third-order valence-electron chi connectivity index (χ3n) is 3.69. The Hall–Kier alpha value is -1.36. The molecule has 0 saturated carbocycles. The molecule has 0 unspecified atom stereocenters. The van der Waals surface area contributed by atoms with Crippen LogP contribution < -0.4 is 10.6 Å². The minimum absolute atomic E-state index is 0.305. The summed E-state index contributed by atoms with van der Waals surface area (Å²) in [7, 11) is 2.05. The number of anilines is 2. The Kier molecular flexibility index (Phi) is 4.58. The van der Waals surface area contributed by atoms with Gasteiger partial charge in [-0.1, -0.05) is 6.92 Å². The molecule has 5 heteroatoms. The molecule has 106 valence electrons. The minimum atomic E-state index is 0.305. The average molecular weight is 264 g/mol. The van der Waals surface area contributed by atoms with Crippen LogP contribution in [0, 0.1) is 6.92 Å². The van der Waals surface area contributed by atoms with Gasteiger partial charge in [0, 0.05) is 25.8 Å². The molecule has 2 rings (SSSR count). The fourth-order valence-corrected chi connectivity index (χ4v) is 2.63. The molecule has 0 amide bonds. The molecule has 19 heavy (non-hydrogen) atoms. The Morgan fingerprint density at radius 2 is 2.16 bits per heavy atom. The van der Waals surface area contributed by atoms with E-state index >= 15 is 0 Å². The monoisotopic (exact) mass is 264 g/mol. The minimum Gasteiger partial charge on any atom is -0.376 e. The Balaban J connectivity index is 2.13. The number of likely N-dealkylation sites (N-methyl/N-ethyl adjacent to an activating group) is 1. The second-order valence-corrected chi connectivity index (χ2v) is 5.20. The number of nitrogens with zero attached hydrogens (tertiary/aromatic N) is 3. The second kappa shape index (κ2) is 6.19. The summed E-state index contributed by atoms with van der Waals surface area (Å²) in [6.07, 6.45) is 4.74. The summed E-state index contributed by atoms with van der Waals surface area (Å²) in [6.45, 7) is 5.89. The molecule has 2 N–H and O–H groups in total. The highest BCUT2D eigenvalue weighted by Crippen LogP contribution is 2.22. The van der Waals surface area contributed by atoms with E-state index in [0.717, 1.165) is 43.1 Å². The van der Waals surface area contributed by atoms with Gasteiger partial charge in [0.2, 0.25) is 5.95 Å². The first-order chi connectivity index (χ1) is 9.11. The Morgan fingerprint density at radius 3 is 2.79 bits per heavy atom. The van der Waals surface area contributed by atoms with Gasteiger partial charge in [-0.2, -0.15) is 4.98 Å². The molecular weight excluding hydrogens is 240 g/mol. The molecule has 5 nitrogen and oxygen atoms in total. The fourth-order valence-electron chi connectivity index (χ4n) is 2.63. The lowest BCUT2D eigenvalue weighted by Gasteiger charge is -2.29. The topological polar surface area (TPSA) is 64.3 Å². The molecule has 1 atom stereocenters. The summed E-state index contributed by atoms with van der Waals surface area (Å²) in [6, 6.07) is 0.